The molecule has 0 unspecified atom stereocenters. The van der Waals surface area contributed by atoms with E-state index in [9.17, 15) is 8.78 Å². The second kappa shape index (κ2) is 4.35. The van der Waals surface area contributed by atoms with Crippen molar-refractivity contribution < 1.29 is 18.8 Å². The predicted molar refractivity (Wildman–Crippen MR) is 50.9 cm³/mol. The largest absolute Gasteiger partial charge is 0.491 e. The van der Waals surface area contributed by atoms with Crippen LogP contribution < -0.4 is 5.46 Å². The fourth-order valence-corrected chi connectivity index (χ4v) is 1.09. The van der Waals surface area contributed by atoms with Crippen LogP contribution in [-0.2, 0) is 0 Å². The number of hydrogen-bond donors (Lipinski definition) is 2. The molecule has 14 heavy (non-hydrogen) atoms. The van der Waals surface area contributed by atoms with E-state index in [1.54, 1.807) is 13.0 Å². The predicted octanol–water partition coefficient (Wildman–Crippen LogP) is 0.678. The van der Waals surface area contributed by atoms with Crippen molar-refractivity contribution in [3.63, 3.8) is 0 Å². The first-order valence-electron chi connectivity index (χ1n) is 4.04. The van der Waals surface area contributed by atoms with Crippen molar-refractivity contribution in [2.24, 2.45) is 0 Å². The fraction of sp³-hybridized carbons (Fsp3) is 0.111. The summed E-state index contributed by atoms with van der Waals surface area (Å²) < 4.78 is 26.3. The summed E-state index contributed by atoms with van der Waals surface area (Å²) in [4.78, 5) is 0. The number of allylic oxidation sites excluding steroid dienone is 1. The zero-order chi connectivity index (χ0) is 10.7. The lowest BCUT2D eigenvalue weighted by Gasteiger charge is -2.04. The van der Waals surface area contributed by atoms with Gasteiger partial charge < -0.3 is 10.0 Å². The van der Waals surface area contributed by atoms with E-state index in [1.165, 1.54) is 12.1 Å². The number of benzene rings is 1. The molecule has 0 aromatic heterocycles. The van der Waals surface area contributed by atoms with Crippen molar-refractivity contribution in [1.29, 1.82) is 0 Å². The Morgan fingerprint density at radius 2 is 1.86 bits per heavy atom. The summed E-state index contributed by atoms with van der Waals surface area (Å²) in [7, 11) is -2.00. The zero-order valence-electron chi connectivity index (χ0n) is 7.54. The molecule has 0 atom stereocenters. The smallest absolute Gasteiger partial charge is 0.423 e. The third-order valence-electron chi connectivity index (χ3n) is 1.77. The molecule has 0 heterocycles. The van der Waals surface area contributed by atoms with Gasteiger partial charge in [-0.05, 0) is 6.92 Å². The average Bonchev–Trinajstić information content (AvgIpc) is 2.13. The van der Waals surface area contributed by atoms with Gasteiger partial charge in [0.2, 0.25) is 0 Å². The van der Waals surface area contributed by atoms with Gasteiger partial charge in [0.1, 0.15) is 0 Å². The van der Waals surface area contributed by atoms with Gasteiger partial charge in [-0.1, -0.05) is 24.3 Å². The van der Waals surface area contributed by atoms with Gasteiger partial charge in [0.25, 0.3) is 0 Å². The molecule has 0 aliphatic carbocycles. The first-order chi connectivity index (χ1) is 6.57. The Balaban J connectivity index is 3.26. The second-order valence-electron chi connectivity index (χ2n) is 2.75. The molecule has 1 aromatic carbocycles. The summed E-state index contributed by atoms with van der Waals surface area (Å²) in [6.07, 6.45) is 2.96. The highest BCUT2D eigenvalue weighted by molar-refractivity contribution is 6.58. The van der Waals surface area contributed by atoms with Crippen molar-refractivity contribution in [3.05, 3.63) is 35.4 Å². The van der Waals surface area contributed by atoms with Gasteiger partial charge in [-0.25, -0.2) is 8.78 Å². The fourth-order valence-electron chi connectivity index (χ4n) is 1.09. The van der Waals surface area contributed by atoms with Crippen LogP contribution >= 0.6 is 0 Å². The molecule has 0 radical (unpaired) electrons. The minimum Gasteiger partial charge on any atom is -0.423 e. The van der Waals surface area contributed by atoms with Crippen LogP contribution in [0.4, 0.5) is 8.78 Å². The van der Waals surface area contributed by atoms with E-state index < -0.39 is 24.2 Å². The highest BCUT2D eigenvalue weighted by Gasteiger charge is 2.20. The third kappa shape index (κ3) is 2.00. The summed E-state index contributed by atoms with van der Waals surface area (Å²) in [5, 5.41) is 17.4. The summed E-state index contributed by atoms with van der Waals surface area (Å²) >= 11 is 0. The highest BCUT2D eigenvalue weighted by Crippen LogP contribution is 2.11. The van der Waals surface area contributed by atoms with Crippen LogP contribution in [0.1, 0.15) is 12.5 Å². The molecule has 0 aliphatic heterocycles. The maximum atomic E-state index is 13.2. The lowest BCUT2D eigenvalue weighted by molar-refractivity contribution is 0.420. The highest BCUT2D eigenvalue weighted by atomic mass is 19.2. The summed E-state index contributed by atoms with van der Waals surface area (Å²) in [5.41, 5.74) is -0.384. The number of rotatable bonds is 2. The quantitative estimate of drug-likeness (QED) is 0.686. The van der Waals surface area contributed by atoms with Gasteiger partial charge in [0.05, 0.1) is 0 Å². The summed E-state index contributed by atoms with van der Waals surface area (Å²) in [6.45, 7) is 1.67. The molecule has 0 fully saturated rings. The average molecular weight is 198 g/mol. The van der Waals surface area contributed by atoms with Gasteiger partial charge >= 0.3 is 7.12 Å². The molecule has 2 N–H and O–H groups in total. The van der Waals surface area contributed by atoms with E-state index >= 15 is 0 Å². The monoisotopic (exact) mass is 198 g/mol. The SMILES string of the molecule is C/C=C/c1ccc(B(O)O)c(F)c1F. The first kappa shape index (κ1) is 10.9. The molecule has 1 aromatic rings. The molecule has 0 saturated heterocycles. The molecule has 74 valence electrons. The van der Waals surface area contributed by atoms with Gasteiger partial charge in [0, 0.05) is 11.0 Å². The van der Waals surface area contributed by atoms with Crippen molar-refractivity contribution in [2.45, 2.75) is 6.92 Å². The van der Waals surface area contributed by atoms with Crippen molar-refractivity contribution in [1.82, 2.24) is 0 Å². The van der Waals surface area contributed by atoms with Gasteiger partial charge in [-0.15, -0.1) is 0 Å². The molecule has 0 bridgehead atoms. The molecular formula is C9H9BF2O2. The Hall–Kier alpha value is -1.20. The van der Waals surface area contributed by atoms with E-state index in [0.717, 1.165) is 6.07 Å². The van der Waals surface area contributed by atoms with E-state index in [2.05, 4.69) is 0 Å². The first-order valence-corrected chi connectivity index (χ1v) is 4.04. The van der Waals surface area contributed by atoms with Crippen molar-refractivity contribution >= 4 is 18.7 Å². The van der Waals surface area contributed by atoms with Gasteiger partial charge in [-0.2, -0.15) is 0 Å². The Bertz CT molecular complexity index is 364. The Morgan fingerprint density at radius 3 is 2.36 bits per heavy atom. The topological polar surface area (TPSA) is 40.5 Å². The van der Waals surface area contributed by atoms with Crippen molar-refractivity contribution in [2.75, 3.05) is 0 Å². The van der Waals surface area contributed by atoms with Gasteiger partial charge in [-0.3, -0.25) is 0 Å². The molecule has 0 aliphatic rings. The Morgan fingerprint density at radius 1 is 1.21 bits per heavy atom. The van der Waals surface area contributed by atoms with Crippen LogP contribution in [0, 0.1) is 11.6 Å². The van der Waals surface area contributed by atoms with Crippen LogP contribution in [0.2, 0.25) is 0 Å². The van der Waals surface area contributed by atoms with Crippen LogP contribution in [0.5, 0.6) is 0 Å². The molecular weight excluding hydrogens is 189 g/mol. The Kier molecular flexibility index (Phi) is 3.38. The molecule has 0 amide bonds. The van der Waals surface area contributed by atoms with Crippen LogP contribution in [0.3, 0.4) is 0 Å². The van der Waals surface area contributed by atoms with Crippen LogP contribution in [-0.4, -0.2) is 17.2 Å². The minimum absolute atomic E-state index is 0.0781. The van der Waals surface area contributed by atoms with Crippen LogP contribution in [0.15, 0.2) is 18.2 Å². The minimum atomic E-state index is -2.00. The number of halogens is 2. The summed E-state index contributed by atoms with van der Waals surface area (Å²) in [5.74, 6) is -2.30. The third-order valence-corrected chi connectivity index (χ3v) is 1.77. The maximum Gasteiger partial charge on any atom is 0.491 e. The normalized spacial score (nSPS) is 10.9. The van der Waals surface area contributed by atoms with Gasteiger partial charge in [0.15, 0.2) is 11.6 Å². The zero-order valence-corrected chi connectivity index (χ0v) is 7.54. The molecule has 2 nitrogen and oxygen atoms in total. The molecule has 5 heteroatoms. The van der Waals surface area contributed by atoms with E-state index in [1.807, 2.05) is 0 Å². The van der Waals surface area contributed by atoms with Crippen molar-refractivity contribution in [3.8, 4) is 0 Å². The lowest BCUT2D eigenvalue weighted by atomic mass is 9.79. The summed E-state index contributed by atoms with van der Waals surface area (Å²) in [6, 6.07) is 2.42. The number of hydrogen-bond acceptors (Lipinski definition) is 2. The van der Waals surface area contributed by atoms with E-state index in [-0.39, 0.29) is 5.56 Å². The molecule has 0 saturated carbocycles. The molecule has 1 rings (SSSR count). The maximum absolute atomic E-state index is 13.2. The standard InChI is InChI=1S/C9H9BF2O2/c1-2-3-6-4-5-7(10(13)14)9(12)8(6)11/h2-5,13-14H,1H3/b3-2+. The van der Waals surface area contributed by atoms with Crippen LogP contribution in [0.25, 0.3) is 6.08 Å². The second-order valence-corrected chi connectivity index (χ2v) is 2.75. The lowest BCUT2D eigenvalue weighted by Crippen LogP contribution is -2.33. The molecule has 0 spiro atoms. The Labute approximate surface area is 80.6 Å². The van der Waals surface area contributed by atoms with E-state index in [4.69, 9.17) is 10.0 Å². The van der Waals surface area contributed by atoms with E-state index in [0.29, 0.717) is 0 Å².